The number of carbonyl (C=O) groups excluding carboxylic acids is 1. The van der Waals surface area contributed by atoms with Gasteiger partial charge in [0.05, 0.1) is 39.9 Å². The van der Waals surface area contributed by atoms with Gasteiger partial charge in [0.25, 0.3) is 0 Å². The first-order valence-corrected chi connectivity index (χ1v) is 30.0. The number of nitrogens with one attached hydrogen (secondary N) is 1. The van der Waals surface area contributed by atoms with E-state index in [9.17, 15) is 19.4 Å². The summed E-state index contributed by atoms with van der Waals surface area (Å²) >= 11 is 0. The standard InChI is InChI=1S/C58H111N2O6P/c1-6-8-10-12-14-16-18-20-22-24-26-28-29-30-32-33-35-37-39-41-43-45-47-49-51-57(61)56(55-66-67(63,64)65-54-53-60(3,4)5)59-58(62)52-50-48-46-44-42-40-38-36-34-31-27-25-23-21-19-17-15-13-11-9-7-2/h25,27,33,35,41,43,49,51,56-57,61H,6-24,26,28-32,34,36-40,42,44-48,50,52-55H2,1-5H3,(H-,59,62,63,64)/p+1/b27-25-,35-33+,43-41+,51-49+. The Labute approximate surface area is 416 Å². The van der Waals surface area contributed by atoms with Gasteiger partial charge in [0.2, 0.25) is 5.91 Å². The van der Waals surface area contributed by atoms with Crippen LogP contribution in [0.2, 0.25) is 0 Å². The Bertz CT molecular complexity index is 1230. The van der Waals surface area contributed by atoms with Crippen molar-refractivity contribution >= 4 is 13.7 Å². The van der Waals surface area contributed by atoms with Gasteiger partial charge in [0.15, 0.2) is 0 Å². The van der Waals surface area contributed by atoms with Crippen LogP contribution in [0.25, 0.3) is 0 Å². The second-order valence-corrected chi connectivity index (χ2v) is 22.1. The molecule has 0 saturated carbocycles. The number of unbranched alkanes of at least 4 members (excludes halogenated alkanes) is 33. The van der Waals surface area contributed by atoms with E-state index in [1.165, 1.54) is 199 Å². The summed E-state index contributed by atoms with van der Waals surface area (Å²) in [6, 6.07) is -0.872. The van der Waals surface area contributed by atoms with Gasteiger partial charge in [-0.15, -0.1) is 0 Å². The van der Waals surface area contributed by atoms with E-state index in [0.29, 0.717) is 17.4 Å². The van der Waals surface area contributed by atoms with Gasteiger partial charge in [-0.25, -0.2) is 4.57 Å². The van der Waals surface area contributed by atoms with Crippen molar-refractivity contribution in [2.24, 2.45) is 0 Å². The summed E-state index contributed by atoms with van der Waals surface area (Å²) in [7, 11) is 1.55. The van der Waals surface area contributed by atoms with E-state index < -0.39 is 20.0 Å². The smallest absolute Gasteiger partial charge is 0.387 e. The molecule has 1 amide bonds. The molecule has 394 valence electrons. The number of aliphatic hydroxyl groups is 1. The Morgan fingerprint density at radius 2 is 0.821 bits per heavy atom. The molecule has 0 radical (unpaired) electrons. The molecule has 0 fully saturated rings. The van der Waals surface area contributed by atoms with Crippen LogP contribution in [0.5, 0.6) is 0 Å². The van der Waals surface area contributed by atoms with Gasteiger partial charge in [-0.1, -0.05) is 236 Å². The third kappa shape index (κ3) is 52.1. The molecule has 0 aliphatic carbocycles. The highest BCUT2D eigenvalue weighted by atomic mass is 31.2. The summed E-state index contributed by atoms with van der Waals surface area (Å²) in [4.78, 5) is 23.3. The molecule has 67 heavy (non-hydrogen) atoms. The molecular weight excluding hydrogens is 852 g/mol. The Hall–Kier alpha value is -1.54. The molecule has 0 heterocycles. The highest BCUT2D eigenvalue weighted by molar-refractivity contribution is 7.47. The van der Waals surface area contributed by atoms with Gasteiger partial charge in [0, 0.05) is 6.42 Å². The minimum Gasteiger partial charge on any atom is -0.387 e. The van der Waals surface area contributed by atoms with Crippen LogP contribution >= 0.6 is 7.82 Å². The molecule has 0 spiro atoms. The molecule has 0 aliphatic rings. The molecule has 3 unspecified atom stereocenters. The van der Waals surface area contributed by atoms with Gasteiger partial charge in [-0.3, -0.25) is 13.8 Å². The van der Waals surface area contributed by atoms with Gasteiger partial charge in [-0.05, 0) is 70.6 Å². The van der Waals surface area contributed by atoms with Crippen LogP contribution in [0.1, 0.15) is 264 Å². The molecule has 3 N–H and O–H groups in total. The topological polar surface area (TPSA) is 105 Å². The number of quaternary nitrogens is 1. The largest absolute Gasteiger partial charge is 0.472 e. The number of hydrogen-bond donors (Lipinski definition) is 3. The second kappa shape index (κ2) is 49.4. The fraction of sp³-hybridized carbons (Fsp3) is 0.845. The zero-order valence-electron chi connectivity index (χ0n) is 44.9. The first-order valence-electron chi connectivity index (χ1n) is 28.5. The van der Waals surface area contributed by atoms with Crippen molar-refractivity contribution in [3.8, 4) is 0 Å². The number of rotatable bonds is 52. The predicted octanol–water partition coefficient (Wildman–Crippen LogP) is 17.2. The van der Waals surface area contributed by atoms with E-state index in [-0.39, 0.29) is 19.1 Å². The summed E-state index contributed by atoms with van der Waals surface area (Å²) in [5.74, 6) is -0.191. The number of amides is 1. The monoisotopic (exact) mass is 964 g/mol. The number of aliphatic hydroxyl groups excluding tert-OH is 1. The summed E-state index contributed by atoms with van der Waals surface area (Å²) in [6.07, 6.45) is 65.0. The molecule has 0 aromatic heterocycles. The van der Waals surface area contributed by atoms with Crippen molar-refractivity contribution in [3.63, 3.8) is 0 Å². The summed E-state index contributed by atoms with van der Waals surface area (Å²) in [5.41, 5.74) is 0. The molecule has 3 atom stereocenters. The van der Waals surface area contributed by atoms with E-state index in [1.807, 2.05) is 27.2 Å². The number of carbonyl (C=O) groups is 1. The number of allylic oxidation sites excluding steroid dienone is 7. The van der Waals surface area contributed by atoms with Gasteiger partial charge < -0.3 is 19.8 Å². The highest BCUT2D eigenvalue weighted by Crippen LogP contribution is 2.43. The molecule has 0 rings (SSSR count). The van der Waals surface area contributed by atoms with Crippen LogP contribution in [-0.4, -0.2) is 73.4 Å². The maximum Gasteiger partial charge on any atom is 0.472 e. The maximum absolute atomic E-state index is 13.0. The van der Waals surface area contributed by atoms with Crippen molar-refractivity contribution in [1.29, 1.82) is 0 Å². The molecular formula is C58H112N2O6P+. The molecule has 0 aliphatic heterocycles. The zero-order valence-corrected chi connectivity index (χ0v) is 45.8. The normalized spacial score (nSPS) is 14.3. The number of hydrogen-bond acceptors (Lipinski definition) is 5. The Kier molecular flexibility index (Phi) is 48.3. The maximum atomic E-state index is 13.0. The predicted molar refractivity (Wildman–Crippen MR) is 291 cm³/mol. The minimum absolute atomic E-state index is 0.0528. The third-order valence-corrected chi connectivity index (χ3v) is 13.7. The van der Waals surface area contributed by atoms with E-state index in [4.69, 9.17) is 9.05 Å². The molecule has 0 saturated heterocycles. The number of phosphoric ester groups is 1. The highest BCUT2D eigenvalue weighted by Gasteiger charge is 2.27. The van der Waals surface area contributed by atoms with Crippen molar-refractivity contribution < 1.29 is 32.9 Å². The van der Waals surface area contributed by atoms with Crippen molar-refractivity contribution in [1.82, 2.24) is 5.32 Å². The van der Waals surface area contributed by atoms with E-state index in [1.54, 1.807) is 6.08 Å². The van der Waals surface area contributed by atoms with Crippen LogP contribution in [0.4, 0.5) is 0 Å². The molecule has 8 nitrogen and oxygen atoms in total. The lowest BCUT2D eigenvalue weighted by molar-refractivity contribution is -0.870. The van der Waals surface area contributed by atoms with Crippen LogP contribution in [0.3, 0.4) is 0 Å². The zero-order chi connectivity index (χ0) is 49.2. The Morgan fingerprint density at radius 1 is 0.493 bits per heavy atom. The lowest BCUT2D eigenvalue weighted by Gasteiger charge is -2.25. The number of phosphoric acid groups is 1. The number of nitrogens with zero attached hydrogens (tertiary/aromatic N) is 1. The average molecular weight is 965 g/mol. The van der Waals surface area contributed by atoms with Gasteiger partial charge in [-0.2, -0.15) is 0 Å². The quantitative estimate of drug-likeness (QED) is 0.0243. The molecule has 0 aromatic rings. The molecule has 0 aromatic carbocycles. The van der Waals surface area contributed by atoms with E-state index >= 15 is 0 Å². The first-order chi connectivity index (χ1) is 32.5. The summed E-state index contributed by atoms with van der Waals surface area (Å²) in [5, 5.41) is 13.9. The second-order valence-electron chi connectivity index (χ2n) is 20.6. The van der Waals surface area contributed by atoms with Crippen molar-refractivity contribution in [2.45, 2.75) is 276 Å². The third-order valence-electron chi connectivity index (χ3n) is 12.7. The van der Waals surface area contributed by atoms with Crippen molar-refractivity contribution in [2.75, 3.05) is 40.9 Å². The number of likely N-dealkylation sites (N-methyl/N-ethyl adjacent to an activating group) is 1. The van der Waals surface area contributed by atoms with E-state index in [0.717, 1.165) is 44.9 Å². The fourth-order valence-electron chi connectivity index (χ4n) is 8.25. The summed E-state index contributed by atoms with van der Waals surface area (Å²) < 4.78 is 23.7. The van der Waals surface area contributed by atoms with E-state index in [2.05, 4.69) is 55.6 Å². The fourth-order valence-corrected chi connectivity index (χ4v) is 8.98. The van der Waals surface area contributed by atoms with Crippen LogP contribution < -0.4 is 5.32 Å². The lowest BCUT2D eigenvalue weighted by atomic mass is 10.0. The van der Waals surface area contributed by atoms with Crippen LogP contribution in [0, 0.1) is 0 Å². The summed E-state index contributed by atoms with van der Waals surface area (Å²) in [6.45, 7) is 4.81. The van der Waals surface area contributed by atoms with Crippen LogP contribution in [0.15, 0.2) is 48.6 Å². The Balaban J connectivity index is 4.31. The average Bonchev–Trinajstić information content (AvgIpc) is 3.29. The minimum atomic E-state index is -4.36. The van der Waals surface area contributed by atoms with Crippen molar-refractivity contribution in [3.05, 3.63) is 48.6 Å². The molecule has 0 bridgehead atoms. The Morgan fingerprint density at radius 3 is 1.19 bits per heavy atom. The van der Waals surface area contributed by atoms with Gasteiger partial charge >= 0.3 is 7.82 Å². The SMILES string of the molecule is CCCCCCCCCC/C=C\CCCCCCCCCCCC(=O)NC(COP(=O)(O)OCC[N+](C)(C)C)C(O)/C=C/CC/C=C/CC/C=C/CCCCCCCCCCCCCCCC. The van der Waals surface area contributed by atoms with Crippen LogP contribution in [-0.2, 0) is 18.4 Å². The van der Waals surface area contributed by atoms with Gasteiger partial charge in [0.1, 0.15) is 13.2 Å². The first kappa shape index (κ1) is 65.5. The molecule has 9 heteroatoms. The lowest BCUT2D eigenvalue weighted by Crippen LogP contribution is -2.45.